The molecule has 0 fully saturated rings. The molecule has 2 heterocycles. The van der Waals surface area contributed by atoms with Crippen molar-refractivity contribution in [3.05, 3.63) is 58.9 Å². The van der Waals surface area contributed by atoms with Crippen LogP contribution in [-0.4, -0.2) is 19.7 Å². The molecule has 0 aliphatic rings. The van der Waals surface area contributed by atoms with Crippen molar-refractivity contribution in [2.75, 3.05) is 0 Å². The normalized spacial score (nSPS) is 11.8. The second-order valence-corrected chi connectivity index (χ2v) is 8.74. The van der Waals surface area contributed by atoms with Gasteiger partial charge in [-0.1, -0.05) is 45.9 Å². The molecule has 0 aliphatic heterocycles. The maximum Gasteiger partial charge on any atom is 0.163 e. The number of aromatic nitrogens is 4. The second kappa shape index (κ2) is 6.89. The third kappa shape index (κ3) is 3.16. The molecule has 0 amide bonds. The number of hydrogen-bond acceptors (Lipinski definition) is 4. The predicted molar refractivity (Wildman–Crippen MR) is 113 cm³/mol. The minimum atomic E-state index is 0.405. The van der Waals surface area contributed by atoms with Gasteiger partial charge in [-0.15, -0.1) is 11.3 Å². The number of benzene rings is 2. The van der Waals surface area contributed by atoms with Gasteiger partial charge in [0.1, 0.15) is 6.33 Å². The molecule has 0 N–H and O–H groups in total. The second-order valence-electron chi connectivity index (χ2n) is 7.51. The molecular weight excluding hydrogens is 352 g/mol. The van der Waals surface area contributed by atoms with Gasteiger partial charge in [0, 0.05) is 5.56 Å². The third-order valence-corrected chi connectivity index (χ3v) is 5.79. The standard InChI is InChI=1S/C22H24N4S/c1-13(2)17-7-6-8-18(14(3)4)21(17)26-22(23-12-24-26)16-9-10-19-20(11-16)27-15(5)25-19/h6-14H,1-5H3. The number of para-hydroxylation sites is 1. The van der Waals surface area contributed by atoms with Crippen LogP contribution in [0.15, 0.2) is 42.7 Å². The molecule has 138 valence electrons. The summed E-state index contributed by atoms with van der Waals surface area (Å²) in [6.07, 6.45) is 1.65. The zero-order valence-corrected chi connectivity index (χ0v) is 17.2. The number of aryl methyl sites for hydroxylation is 1. The lowest BCUT2D eigenvalue weighted by atomic mass is 9.92. The Morgan fingerprint density at radius 1 is 0.963 bits per heavy atom. The molecule has 4 rings (SSSR count). The summed E-state index contributed by atoms with van der Waals surface area (Å²) in [5, 5.41) is 5.71. The van der Waals surface area contributed by atoms with Crippen molar-refractivity contribution in [3.8, 4) is 17.1 Å². The van der Waals surface area contributed by atoms with Gasteiger partial charge in [-0.25, -0.2) is 14.6 Å². The average molecular weight is 377 g/mol. The first-order valence-corrected chi connectivity index (χ1v) is 10.2. The first-order chi connectivity index (χ1) is 13.0. The van der Waals surface area contributed by atoms with Crippen LogP contribution in [0.25, 0.3) is 27.3 Å². The van der Waals surface area contributed by atoms with Crippen LogP contribution in [0.1, 0.15) is 55.7 Å². The Kier molecular flexibility index (Phi) is 4.56. The summed E-state index contributed by atoms with van der Waals surface area (Å²) in [6, 6.07) is 12.9. The zero-order valence-electron chi connectivity index (χ0n) is 16.4. The van der Waals surface area contributed by atoms with Gasteiger partial charge in [0.05, 0.1) is 20.9 Å². The van der Waals surface area contributed by atoms with E-state index in [0.29, 0.717) is 11.8 Å². The highest BCUT2D eigenvalue weighted by Gasteiger charge is 2.20. The van der Waals surface area contributed by atoms with Gasteiger partial charge in [-0.05, 0) is 48.1 Å². The SMILES string of the molecule is Cc1nc2ccc(-c3ncnn3-c3c(C(C)C)cccc3C(C)C)cc2s1. The van der Waals surface area contributed by atoms with Crippen molar-refractivity contribution >= 4 is 21.6 Å². The summed E-state index contributed by atoms with van der Waals surface area (Å²) in [5.41, 5.74) is 5.86. The summed E-state index contributed by atoms with van der Waals surface area (Å²) < 4.78 is 3.19. The summed E-state index contributed by atoms with van der Waals surface area (Å²) in [6.45, 7) is 11.0. The van der Waals surface area contributed by atoms with Crippen LogP contribution >= 0.6 is 11.3 Å². The highest BCUT2D eigenvalue weighted by Crippen LogP contribution is 2.34. The molecule has 0 unspecified atom stereocenters. The Bertz CT molecular complexity index is 1080. The maximum absolute atomic E-state index is 4.63. The monoisotopic (exact) mass is 376 g/mol. The number of rotatable bonds is 4. The fourth-order valence-electron chi connectivity index (χ4n) is 3.54. The lowest BCUT2D eigenvalue weighted by Crippen LogP contribution is -2.09. The van der Waals surface area contributed by atoms with Crippen molar-refractivity contribution in [1.82, 2.24) is 19.7 Å². The van der Waals surface area contributed by atoms with E-state index < -0.39 is 0 Å². The van der Waals surface area contributed by atoms with E-state index in [4.69, 9.17) is 0 Å². The summed E-state index contributed by atoms with van der Waals surface area (Å²) in [7, 11) is 0. The molecule has 4 aromatic rings. The Hall–Kier alpha value is -2.53. The molecule has 0 saturated heterocycles. The minimum Gasteiger partial charge on any atom is -0.242 e. The van der Waals surface area contributed by atoms with Gasteiger partial charge in [0.15, 0.2) is 5.82 Å². The van der Waals surface area contributed by atoms with Crippen molar-refractivity contribution in [2.45, 2.75) is 46.5 Å². The van der Waals surface area contributed by atoms with E-state index in [2.05, 4.69) is 79.2 Å². The van der Waals surface area contributed by atoms with Gasteiger partial charge in [-0.2, -0.15) is 5.10 Å². The Balaban J connectivity index is 1.94. The molecule has 2 aromatic carbocycles. The molecule has 0 radical (unpaired) electrons. The van der Waals surface area contributed by atoms with E-state index in [9.17, 15) is 0 Å². The molecule has 0 atom stereocenters. The first kappa shape index (κ1) is 17.9. The maximum atomic E-state index is 4.63. The number of fused-ring (bicyclic) bond motifs is 1. The average Bonchev–Trinajstić information content (AvgIpc) is 3.25. The summed E-state index contributed by atoms with van der Waals surface area (Å²) in [4.78, 5) is 9.18. The van der Waals surface area contributed by atoms with E-state index in [-0.39, 0.29) is 0 Å². The van der Waals surface area contributed by atoms with Crippen LogP contribution in [-0.2, 0) is 0 Å². The largest absolute Gasteiger partial charge is 0.242 e. The molecule has 0 bridgehead atoms. The van der Waals surface area contributed by atoms with E-state index in [1.165, 1.54) is 15.8 Å². The number of nitrogens with zero attached hydrogens (tertiary/aromatic N) is 4. The summed E-state index contributed by atoms with van der Waals surface area (Å²) in [5.74, 6) is 1.68. The first-order valence-electron chi connectivity index (χ1n) is 9.36. The fourth-order valence-corrected chi connectivity index (χ4v) is 4.40. The van der Waals surface area contributed by atoms with Crippen LogP contribution in [0.3, 0.4) is 0 Å². The molecule has 0 aliphatic carbocycles. The van der Waals surface area contributed by atoms with Crippen LogP contribution in [0.5, 0.6) is 0 Å². The lowest BCUT2D eigenvalue weighted by molar-refractivity contribution is 0.773. The quantitative estimate of drug-likeness (QED) is 0.432. The van der Waals surface area contributed by atoms with Crippen LogP contribution < -0.4 is 0 Å². The Morgan fingerprint density at radius 2 is 1.67 bits per heavy atom. The van der Waals surface area contributed by atoms with Gasteiger partial charge < -0.3 is 0 Å². The molecule has 27 heavy (non-hydrogen) atoms. The van der Waals surface area contributed by atoms with Gasteiger partial charge in [0.2, 0.25) is 0 Å². The van der Waals surface area contributed by atoms with Gasteiger partial charge in [0.25, 0.3) is 0 Å². The van der Waals surface area contributed by atoms with E-state index >= 15 is 0 Å². The summed E-state index contributed by atoms with van der Waals surface area (Å²) >= 11 is 1.71. The molecular formula is C22H24N4S. The van der Waals surface area contributed by atoms with E-state index in [1.807, 2.05) is 11.6 Å². The Labute approximate surface area is 163 Å². The van der Waals surface area contributed by atoms with Gasteiger partial charge in [-0.3, -0.25) is 0 Å². The van der Waals surface area contributed by atoms with Crippen molar-refractivity contribution in [1.29, 1.82) is 0 Å². The molecule has 0 spiro atoms. The smallest absolute Gasteiger partial charge is 0.163 e. The van der Waals surface area contributed by atoms with Crippen LogP contribution in [0, 0.1) is 6.92 Å². The van der Waals surface area contributed by atoms with Crippen LogP contribution in [0.4, 0.5) is 0 Å². The number of hydrogen-bond donors (Lipinski definition) is 0. The van der Waals surface area contributed by atoms with Crippen molar-refractivity contribution in [2.24, 2.45) is 0 Å². The highest BCUT2D eigenvalue weighted by molar-refractivity contribution is 7.18. The fraction of sp³-hybridized carbons (Fsp3) is 0.318. The van der Waals surface area contributed by atoms with Crippen molar-refractivity contribution < 1.29 is 0 Å². The minimum absolute atomic E-state index is 0.405. The predicted octanol–water partition coefficient (Wildman–Crippen LogP) is 6.10. The zero-order chi connectivity index (χ0) is 19.1. The lowest BCUT2D eigenvalue weighted by Gasteiger charge is -2.20. The molecule has 2 aromatic heterocycles. The topological polar surface area (TPSA) is 43.6 Å². The number of thiazole rings is 1. The third-order valence-electron chi connectivity index (χ3n) is 4.86. The van der Waals surface area contributed by atoms with Crippen LogP contribution in [0.2, 0.25) is 0 Å². The van der Waals surface area contributed by atoms with E-state index in [1.54, 1.807) is 17.7 Å². The Morgan fingerprint density at radius 3 is 2.33 bits per heavy atom. The van der Waals surface area contributed by atoms with E-state index in [0.717, 1.165) is 27.6 Å². The highest BCUT2D eigenvalue weighted by atomic mass is 32.1. The molecule has 5 heteroatoms. The van der Waals surface area contributed by atoms with Crippen molar-refractivity contribution in [3.63, 3.8) is 0 Å². The van der Waals surface area contributed by atoms with Gasteiger partial charge >= 0.3 is 0 Å². The molecule has 4 nitrogen and oxygen atoms in total. The molecule has 0 saturated carbocycles.